The Morgan fingerprint density at radius 1 is 1.46 bits per heavy atom. The van der Waals surface area contributed by atoms with Crippen LogP contribution in [0, 0.1) is 0 Å². The van der Waals surface area contributed by atoms with Crippen LogP contribution in [-0.4, -0.2) is 61.9 Å². The van der Waals surface area contributed by atoms with E-state index in [1.165, 1.54) is 22.5 Å². The summed E-state index contributed by atoms with van der Waals surface area (Å²) in [5.74, 6) is 0. The van der Waals surface area contributed by atoms with Crippen LogP contribution in [0.2, 0.25) is 5.02 Å². The second-order valence-corrected chi connectivity index (χ2v) is 8.10. The predicted molar refractivity (Wildman–Crippen MR) is 96.9 cm³/mol. The third kappa shape index (κ3) is 5.01. The van der Waals surface area contributed by atoms with Crippen LogP contribution < -0.4 is 10.6 Å². The largest absolute Gasteiger partial charge is 0.392 e. The number of morpholine rings is 1. The maximum Gasteiger partial charge on any atom is 0.243 e. The van der Waals surface area contributed by atoms with Crippen LogP contribution >= 0.6 is 23.8 Å². The summed E-state index contributed by atoms with van der Waals surface area (Å²) in [6, 6.07) is 4.42. The fourth-order valence-corrected chi connectivity index (χ4v) is 3.90. The van der Waals surface area contributed by atoms with Crippen LogP contribution in [0.3, 0.4) is 0 Å². The highest BCUT2D eigenvalue weighted by Crippen LogP contribution is 2.27. The lowest BCUT2D eigenvalue weighted by Gasteiger charge is -2.26. The molecule has 0 aromatic heterocycles. The molecule has 1 saturated heterocycles. The van der Waals surface area contributed by atoms with Gasteiger partial charge in [0.05, 0.1) is 34.9 Å². The van der Waals surface area contributed by atoms with Crippen LogP contribution in [0.1, 0.15) is 6.92 Å². The number of aliphatic hydroxyl groups excluding tert-OH is 1. The quantitative estimate of drug-likeness (QED) is 0.643. The average molecular weight is 394 g/mol. The molecule has 0 unspecified atom stereocenters. The summed E-state index contributed by atoms with van der Waals surface area (Å²) in [6.07, 6.45) is -0.562. The molecule has 0 saturated carbocycles. The maximum absolute atomic E-state index is 12.7. The molecule has 2 rings (SSSR count). The minimum absolute atomic E-state index is 0.134. The zero-order valence-electron chi connectivity index (χ0n) is 13.2. The Bertz CT molecular complexity index is 691. The first kappa shape index (κ1) is 19.4. The predicted octanol–water partition coefficient (Wildman–Crippen LogP) is 1.03. The fourth-order valence-electron chi connectivity index (χ4n) is 2.10. The molecule has 0 bridgehead atoms. The van der Waals surface area contributed by atoms with Crippen molar-refractivity contribution in [2.24, 2.45) is 0 Å². The smallest absolute Gasteiger partial charge is 0.243 e. The zero-order valence-corrected chi connectivity index (χ0v) is 15.5. The Morgan fingerprint density at radius 3 is 2.75 bits per heavy atom. The summed E-state index contributed by atoms with van der Waals surface area (Å²) in [4.78, 5) is 0.134. The standard InChI is InChI=1S/C14H20ClN3O4S2/c1-10(19)9-16-14(23)17-13-8-11(2-3-12(13)15)24(20,21)18-4-6-22-7-5-18/h2-3,8,10,19H,4-7,9H2,1H3,(H2,16,17,23)/t10-/m0/s1. The SMILES string of the molecule is C[C@H](O)CNC(=S)Nc1cc(S(=O)(=O)N2CCOCC2)ccc1Cl. The van der Waals surface area contributed by atoms with Gasteiger partial charge in [0.2, 0.25) is 10.0 Å². The van der Waals surface area contributed by atoms with Crippen LogP contribution in [-0.2, 0) is 14.8 Å². The van der Waals surface area contributed by atoms with E-state index < -0.39 is 16.1 Å². The summed E-state index contributed by atoms with van der Waals surface area (Å²) < 4.78 is 31.9. The van der Waals surface area contributed by atoms with Crippen molar-refractivity contribution in [1.29, 1.82) is 0 Å². The van der Waals surface area contributed by atoms with Crippen LogP contribution in [0.5, 0.6) is 0 Å². The number of benzene rings is 1. The minimum atomic E-state index is -3.61. The Labute approximate surface area is 152 Å². The van der Waals surface area contributed by atoms with Gasteiger partial charge in [0.1, 0.15) is 0 Å². The van der Waals surface area contributed by atoms with Gasteiger partial charge in [-0.05, 0) is 37.3 Å². The Morgan fingerprint density at radius 2 is 2.12 bits per heavy atom. The summed E-state index contributed by atoms with van der Waals surface area (Å²) >= 11 is 11.2. The molecule has 1 heterocycles. The van der Waals surface area contributed by atoms with Crippen molar-refractivity contribution in [2.45, 2.75) is 17.9 Å². The highest BCUT2D eigenvalue weighted by molar-refractivity contribution is 7.89. The number of rotatable bonds is 5. The highest BCUT2D eigenvalue weighted by atomic mass is 35.5. The van der Waals surface area contributed by atoms with Gasteiger partial charge in [-0.3, -0.25) is 0 Å². The van der Waals surface area contributed by atoms with E-state index in [1.807, 2.05) is 0 Å². The van der Waals surface area contributed by atoms with E-state index in [2.05, 4.69) is 10.6 Å². The summed E-state index contributed by atoms with van der Waals surface area (Å²) in [6.45, 7) is 3.30. The van der Waals surface area contributed by atoms with Gasteiger partial charge in [-0.15, -0.1) is 0 Å². The van der Waals surface area contributed by atoms with Gasteiger partial charge in [-0.25, -0.2) is 8.42 Å². The number of aliphatic hydroxyl groups is 1. The van der Waals surface area contributed by atoms with Gasteiger partial charge in [-0.2, -0.15) is 4.31 Å². The van der Waals surface area contributed by atoms with E-state index in [9.17, 15) is 13.5 Å². The van der Waals surface area contributed by atoms with E-state index in [-0.39, 0.29) is 16.6 Å². The molecule has 0 spiro atoms. The minimum Gasteiger partial charge on any atom is -0.392 e. The van der Waals surface area contributed by atoms with E-state index >= 15 is 0 Å². The van der Waals surface area contributed by atoms with Gasteiger partial charge in [-0.1, -0.05) is 11.6 Å². The number of thiocarbonyl (C=S) groups is 1. The van der Waals surface area contributed by atoms with Crippen molar-refractivity contribution in [1.82, 2.24) is 9.62 Å². The molecular weight excluding hydrogens is 374 g/mol. The average Bonchev–Trinajstić information content (AvgIpc) is 2.55. The number of hydrogen-bond acceptors (Lipinski definition) is 5. The Balaban J connectivity index is 2.17. The Kier molecular flexibility index (Phi) is 6.79. The molecule has 0 radical (unpaired) electrons. The molecule has 24 heavy (non-hydrogen) atoms. The first-order valence-corrected chi connectivity index (χ1v) is 9.63. The van der Waals surface area contributed by atoms with Gasteiger partial charge >= 0.3 is 0 Å². The fraction of sp³-hybridized carbons (Fsp3) is 0.500. The van der Waals surface area contributed by atoms with Crippen molar-refractivity contribution in [3.05, 3.63) is 23.2 Å². The highest BCUT2D eigenvalue weighted by Gasteiger charge is 2.26. The molecule has 134 valence electrons. The number of anilines is 1. The number of nitrogens with one attached hydrogen (secondary N) is 2. The second kappa shape index (κ2) is 8.41. The number of ether oxygens (including phenoxy) is 1. The first-order chi connectivity index (χ1) is 11.3. The van der Waals surface area contributed by atoms with Crippen molar-refractivity contribution in [2.75, 3.05) is 38.2 Å². The van der Waals surface area contributed by atoms with Crippen molar-refractivity contribution < 1.29 is 18.3 Å². The monoisotopic (exact) mass is 393 g/mol. The number of nitrogens with zero attached hydrogens (tertiary/aromatic N) is 1. The molecule has 1 aromatic carbocycles. The molecule has 3 N–H and O–H groups in total. The van der Waals surface area contributed by atoms with Crippen molar-refractivity contribution in [3.8, 4) is 0 Å². The summed E-state index contributed by atoms with van der Waals surface area (Å²) in [5, 5.41) is 15.5. The molecule has 0 amide bonds. The summed E-state index contributed by atoms with van der Waals surface area (Å²) in [5.41, 5.74) is 0.383. The van der Waals surface area contributed by atoms with E-state index in [0.29, 0.717) is 37.0 Å². The molecule has 1 aromatic rings. The topological polar surface area (TPSA) is 90.9 Å². The Hall–Kier alpha value is -0.970. The van der Waals surface area contributed by atoms with E-state index in [1.54, 1.807) is 6.92 Å². The normalized spacial score (nSPS) is 17.3. The number of sulfonamides is 1. The second-order valence-electron chi connectivity index (χ2n) is 5.34. The molecule has 1 aliphatic rings. The molecular formula is C14H20ClN3O4S2. The van der Waals surface area contributed by atoms with E-state index in [4.69, 9.17) is 28.6 Å². The lowest BCUT2D eigenvalue weighted by molar-refractivity contribution is 0.0730. The van der Waals surface area contributed by atoms with Gasteiger partial charge < -0.3 is 20.5 Å². The van der Waals surface area contributed by atoms with Crippen molar-refractivity contribution in [3.63, 3.8) is 0 Å². The van der Waals surface area contributed by atoms with Gasteiger partial charge in [0.15, 0.2) is 5.11 Å². The zero-order chi connectivity index (χ0) is 17.7. The van der Waals surface area contributed by atoms with Gasteiger partial charge in [0.25, 0.3) is 0 Å². The summed E-state index contributed by atoms with van der Waals surface area (Å²) in [7, 11) is -3.61. The van der Waals surface area contributed by atoms with Crippen LogP contribution in [0.4, 0.5) is 5.69 Å². The molecule has 1 aliphatic heterocycles. The maximum atomic E-state index is 12.7. The first-order valence-electron chi connectivity index (χ1n) is 7.41. The van der Waals surface area contributed by atoms with Gasteiger partial charge in [0, 0.05) is 19.6 Å². The lowest BCUT2D eigenvalue weighted by Crippen LogP contribution is -2.40. The molecule has 7 nitrogen and oxygen atoms in total. The molecule has 0 aliphatic carbocycles. The van der Waals surface area contributed by atoms with Crippen molar-refractivity contribution >= 4 is 44.6 Å². The third-order valence-corrected chi connectivity index (χ3v) is 5.82. The molecule has 1 atom stereocenters. The van der Waals surface area contributed by atoms with Crippen LogP contribution in [0.15, 0.2) is 23.1 Å². The van der Waals surface area contributed by atoms with Crippen LogP contribution in [0.25, 0.3) is 0 Å². The lowest BCUT2D eigenvalue weighted by atomic mass is 10.3. The number of hydrogen-bond donors (Lipinski definition) is 3. The molecule has 10 heteroatoms. The third-order valence-electron chi connectivity index (χ3n) is 3.35. The molecule has 1 fully saturated rings. The number of halogens is 1. The van der Waals surface area contributed by atoms with E-state index in [0.717, 1.165) is 0 Å².